The number of rotatable bonds is 4. The number of nitrogens with one attached hydrogen (secondary N) is 2. The number of para-hydroxylation sites is 1. The molecule has 3 rings (SSSR count). The van der Waals surface area contributed by atoms with Crippen LogP contribution in [0.3, 0.4) is 0 Å². The molecule has 1 aliphatic heterocycles. The van der Waals surface area contributed by atoms with Crippen molar-refractivity contribution < 1.29 is 4.79 Å². The van der Waals surface area contributed by atoms with E-state index in [9.17, 15) is 4.79 Å². The van der Waals surface area contributed by atoms with Crippen molar-refractivity contribution in [2.45, 2.75) is 38.1 Å². The van der Waals surface area contributed by atoms with Crippen molar-refractivity contribution >= 4 is 17.6 Å². The summed E-state index contributed by atoms with van der Waals surface area (Å²) in [7, 11) is 1.79. The number of carbonyl (C=O) groups excluding carboxylic acids is 1. The molecule has 22 heavy (non-hydrogen) atoms. The summed E-state index contributed by atoms with van der Waals surface area (Å²) in [6, 6.07) is 8.56. The van der Waals surface area contributed by atoms with E-state index in [-0.39, 0.29) is 5.91 Å². The second-order valence-corrected chi connectivity index (χ2v) is 5.98. The molecule has 1 heterocycles. The number of guanidine groups is 1. The minimum atomic E-state index is 0.182. The standard InChI is InChI=1S/C17H24N4O/c1-18-17(20-14-7-3-4-8-14)19-10-11-21-15-9-5-2-6-13(15)12-16(21)22/h2,5-6,9,14H,3-4,7-8,10-12H2,1H3,(H2,18,19,20). The van der Waals surface area contributed by atoms with Gasteiger partial charge >= 0.3 is 0 Å². The van der Waals surface area contributed by atoms with Gasteiger partial charge in [-0.15, -0.1) is 0 Å². The molecule has 1 aromatic rings. The van der Waals surface area contributed by atoms with Crippen LogP contribution in [0.4, 0.5) is 5.69 Å². The molecule has 2 N–H and O–H groups in total. The first-order valence-electron chi connectivity index (χ1n) is 8.13. The van der Waals surface area contributed by atoms with Crippen LogP contribution < -0.4 is 15.5 Å². The van der Waals surface area contributed by atoms with Gasteiger partial charge in [0.2, 0.25) is 5.91 Å². The van der Waals surface area contributed by atoms with Crippen LogP contribution in [0, 0.1) is 0 Å². The molecule has 0 atom stereocenters. The highest BCUT2D eigenvalue weighted by atomic mass is 16.2. The SMILES string of the molecule is CN=C(NCCN1C(=O)Cc2ccccc21)NC1CCCC1. The molecule has 1 aliphatic carbocycles. The molecule has 1 saturated carbocycles. The molecule has 0 bridgehead atoms. The molecular weight excluding hydrogens is 276 g/mol. The zero-order valence-electron chi connectivity index (χ0n) is 13.1. The van der Waals surface area contributed by atoms with E-state index in [1.807, 2.05) is 29.2 Å². The van der Waals surface area contributed by atoms with Gasteiger partial charge in [0.05, 0.1) is 6.42 Å². The van der Waals surface area contributed by atoms with E-state index in [1.165, 1.54) is 25.7 Å². The van der Waals surface area contributed by atoms with Crippen LogP contribution in [0.1, 0.15) is 31.2 Å². The average molecular weight is 300 g/mol. The molecule has 0 aromatic heterocycles. The van der Waals surface area contributed by atoms with Crippen LogP contribution in [0.25, 0.3) is 0 Å². The Morgan fingerprint density at radius 1 is 1.32 bits per heavy atom. The highest BCUT2D eigenvalue weighted by Gasteiger charge is 2.26. The summed E-state index contributed by atoms with van der Waals surface area (Å²) in [6.07, 6.45) is 5.56. The minimum absolute atomic E-state index is 0.182. The van der Waals surface area contributed by atoms with Crippen molar-refractivity contribution in [3.8, 4) is 0 Å². The number of anilines is 1. The number of carbonyl (C=O) groups is 1. The van der Waals surface area contributed by atoms with Crippen LogP contribution in [0.15, 0.2) is 29.3 Å². The van der Waals surface area contributed by atoms with Gasteiger partial charge in [0, 0.05) is 31.9 Å². The summed E-state index contributed by atoms with van der Waals surface area (Å²) in [4.78, 5) is 18.2. The molecule has 5 nitrogen and oxygen atoms in total. The molecule has 1 fully saturated rings. The monoisotopic (exact) mass is 300 g/mol. The highest BCUT2D eigenvalue weighted by molar-refractivity contribution is 6.01. The Bertz CT molecular complexity index is 564. The molecule has 0 unspecified atom stereocenters. The lowest BCUT2D eigenvalue weighted by atomic mass is 10.2. The summed E-state index contributed by atoms with van der Waals surface area (Å²) in [6.45, 7) is 1.37. The van der Waals surface area contributed by atoms with Gasteiger partial charge in [-0.25, -0.2) is 0 Å². The Hall–Kier alpha value is -2.04. The molecule has 118 valence electrons. The Morgan fingerprint density at radius 3 is 2.86 bits per heavy atom. The van der Waals surface area contributed by atoms with Crippen LogP contribution in [-0.2, 0) is 11.2 Å². The predicted molar refractivity (Wildman–Crippen MR) is 89.3 cm³/mol. The fraction of sp³-hybridized carbons (Fsp3) is 0.529. The number of fused-ring (bicyclic) bond motifs is 1. The normalized spacial score (nSPS) is 18.7. The first kappa shape index (κ1) is 14.9. The van der Waals surface area contributed by atoms with E-state index in [0.29, 0.717) is 25.6 Å². The first-order chi connectivity index (χ1) is 10.8. The molecule has 0 spiro atoms. The third-order valence-electron chi connectivity index (χ3n) is 4.47. The van der Waals surface area contributed by atoms with Gasteiger partial charge < -0.3 is 15.5 Å². The largest absolute Gasteiger partial charge is 0.355 e. The molecule has 0 saturated heterocycles. The number of amides is 1. The van der Waals surface area contributed by atoms with Crippen molar-refractivity contribution in [2.75, 3.05) is 25.0 Å². The number of aliphatic imine (C=N–C) groups is 1. The van der Waals surface area contributed by atoms with E-state index in [1.54, 1.807) is 7.05 Å². The van der Waals surface area contributed by atoms with Gasteiger partial charge in [-0.05, 0) is 24.5 Å². The maximum Gasteiger partial charge on any atom is 0.231 e. The fourth-order valence-electron chi connectivity index (χ4n) is 3.31. The molecule has 2 aliphatic rings. The zero-order valence-corrected chi connectivity index (χ0v) is 13.1. The van der Waals surface area contributed by atoms with Gasteiger partial charge in [0.1, 0.15) is 0 Å². The van der Waals surface area contributed by atoms with Gasteiger partial charge in [-0.3, -0.25) is 9.79 Å². The molecule has 1 aromatic carbocycles. The molecule has 0 radical (unpaired) electrons. The van der Waals surface area contributed by atoms with E-state index in [2.05, 4.69) is 15.6 Å². The van der Waals surface area contributed by atoms with E-state index >= 15 is 0 Å². The topological polar surface area (TPSA) is 56.7 Å². The van der Waals surface area contributed by atoms with E-state index in [0.717, 1.165) is 17.2 Å². The Kier molecular flexibility index (Phi) is 4.61. The quantitative estimate of drug-likeness (QED) is 0.657. The van der Waals surface area contributed by atoms with Crippen LogP contribution >= 0.6 is 0 Å². The number of nitrogens with zero attached hydrogens (tertiary/aromatic N) is 2. The maximum atomic E-state index is 12.1. The Balaban J connectivity index is 1.51. The third kappa shape index (κ3) is 3.24. The van der Waals surface area contributed by atoms with E-state index in [4.69, 9.17) is 0 Å². The summed E-state index contributed by atoms with van der Waals surface area (Å²) in [5.41, 5.74) is 2.18. The summed E-state index contributed by atoms with van der Waals surface area (Å²) < 4.78 is 0. The average Bonchev–Trinajstić information content (AvgIpc) is 3.14. The second-order valence-electron chi connectivity index (χ2n) is 5.98. The van der Waals surface area contributed by atoms with Gasteiger partial charge in [-0.1, -0.05) is 31.0 Å². The van der Waals surface area contributed by atoms with Crippen LogP contribution in [0.2, 0.25) is 0 Å². The van der Waals surface area contributed by atoms with Crippen molar-refractivity contribution in [1.29, 1.82) is 0 Å². The van der Waals surface area contributed by atoms with Gasteiger partial charge in [-0.2, -0.15) is 0 Å². The molecular formula is C17H24N4O. The van der Waals surface area contributed by atoms with Crippen molar-refractivity contribution in [3.05, 3.63) is 29.8 Å². The molecule has 5 heteroatoms. The lowest BCUT2D eigenvalue weighted by molar-refractivity contribution is -0.117. The smallest absolute Gasteiger partial charge is 0.231 e. The number of hydrogen-bond donors (Lipinski definition) is 2. The zero-order chi connectivity index (χ0) is 15.4. The minimum Gasteiger partial charge on any atom is -0.355 e. The first-order valence-corrected chi connectivity index (χ1v) is 8.13. The van der Waals surface area contributed by atoms with E-state index < -0.39 is 0 Å². The maximum absolute atomic E-state index is 12.1. The Labute approximate surface area is 131 Å². The van der Waals surface area contributed by atoms with Gasteiger partial charge in [0.25, 0.3) is 0 Å². The second kappa shape index (κ2) is 6.81. The highest BCUT2D eigenvalue weighted by Crippen LogP contribution is 2.27. The van der Waals surface area contributed by atoms with Crippen molar-refractivity contribution in [3.63, 3.8) is 0 Å². The predicted octanol–water partition coefficient (Wildman–Crippen LogP) is 1.68. The number of hydrogen-bond acceptors (Lipinski definition) is 2. The Morgan fingerprint density at radius 2 is 2.09 bits per heavy atom. The fourth-order valence-corrected chi connectivity index (χ4v) is 3.31. The van der Waals surface area contributed by atoms with Crippen LogP contribution in [0.5, 0.6) is 0 Å². The molecule has 1 amide bonds. The number of benzene rings is 1. The summed E-state index contributed by atoms with van der Waals surface area (Å²) >= 11 is 0. The lowest BCUT2D eigenvalue weighted by Gasteiger charge is -2.20. The summed E-state index contributed by atoms with van der Waals surface area (Å²) in [5.74, 6) is 1.02. The lowest BCUT2D eigenvalue weighted by Crippen LogP contribution is -2.45. The van der Waals surface area contributed by atoms with Crippen molar-refractivity contribution in [1.82, 2.24) is 10.6 Å². The third-order valence-corrected chi connectivity index (χ3v) is 4.47. The van der Waals surface area contributed by atoms with Crippen LogP contribution in [-0.4, -0.2) is 38.0 Å². The van der Waals surface area contributed by atoms with Gasteiger partial charge in [0.15, 0.2) is 5.96 Å². The van der Waals surface area contributed by atoms with Crippen molar-refractivity contribution in [2.24, 2.45) is 4.99 Å². The summed E-state index contributed by atoms with van der Waals surface area (Å²) in [5, 5.41) is 6.78.